The molecular formula is C11H8BrN. The molecule has 0 atom stereocenters. The molecule has 1 heterocycles. The first-order valence-corrected chi connectivity index (χ1v) is 4.76. The highest BCUT2D eigenvalue weighted by atomic mass is 79.9. The molecule has 1 aromatic heterocycles. The van der Waals surface area contributed by atoms with Gasteiger partial charge in [0.25, 0.3) is 0 Å². The van der Waals surface area contributed by atoms with Crippen LogP contribution in [0.15, 0.2) is 41.5 Å². The SMILES string of the molecule is C=Cc1cnc2cc(Br)ccc2c1. The molecule has 2 aromatic rings. The van der Waals surface area contributed by atoms with Gasteiger partial charge in [-0.2, -0.15) is 0 Å². The fourth-order valence-electron chi connectivity index (χ4n) is 1.22. The lowest BCUT2D eigenvalue weighted by atomic mass is 10.2. The standard InChI is InChI=1S/C11H8BrN/c1-2-8-5-9-3-4-10(12)6-11(9)13-7-8/h2-7H,1H2. The maximum absolute atomic E-state index is 4.31. The molecule has 0 saturated carbocycles. The van der Waals surface area contributed by atoms with Gasteiger partial charge >= 0.3 is 0 Å². The van der Waals surface area contributed by atoms with E-state index in [1.54, 1.807) is 6.08 Å². The van der Waals surface area contributed by atoms with Crippen molar-refractivity contribution in [3.63, 3.8) is 0 Å². The average Bonchev–Trinajstić information content (AvgIpc) is 2.17. The van der Waals surface area contributed by atoms with E-state index < -0.39 is 0 Å². The van der Waals surface area contributed by atoms with Gasteiger partial charge in [-0.1, -0.05) is 34.7 Å². The van der Waals surface area contributed by atoms with Gasteiger partial charge < -0.3 is 0 Å². The molecule has 0 unspecified atom stereocenters. The largest absolute Gasteiger partial charge is 0.256 e. The quantitative estimate of drug-likeness (QED) is 0.733. The van der Waals surface area contributed by atoms with Gasteiger partial charge in [0.05, 0.1) is 5.52 Å². The fourth-order valence-corrected chi connectivity index (χ4v) is 1.57. The van der Waals surface area contributed by atoms with Crippen LogP contribution in [0.3, 0.4) is 0 Å². The topological polar surface area (TPSA) is 12.9 Å². The number of hydrogen-bond donors (Lipinski definition) is 0. The summed E-state index contributed by atoms with van der Waals surface area (Å²) in [5.74, 6) is 0. The molecule has 0 aliphatic carbocycles. The van der Waals surface area contributed by atoms with E-state index in [1.165, 1.54) is 0 Å². The Bertz CT molecular complexity index is 463. The zero-order chi connectivity index (χ0) is 9.26. The average molecular weight is 234 g/mol. The predicted octanol–water partition coefficient (Wildman–Crippen LogP) is 3.64. The van der Waals surface area contributed by atoms with Gasteiger partial charge in [0.15, 0.2) is 0 Å². The summed E-state index contributed by atoms with van der Waals surface area (Å²) in [6, 6.07) is 8.13. The Labute approximate surface area is 85.2 Å². The maximum Gasteiger partial charge on any atom is 0.0713 e. The Kier molecular flexibility index (Phi) is 2.15. The number of halogens is 1. The second-order valence-electron chi connectivity index (χ2n) is 2.81. The summed E-state index contributed by atoms with van der Waals surface area (Å²) in [5, 5.41) is 1.14. The van der Waals surface area contributed by atoms with Gasteiger partial charge in [0.1, 0.15) is 0 Å². The number of aromatic nitrogens is 1. The minimum Gasteiger partial charge on any atom is -0.256 e. The first kappa shape index (κ1) is 8.45. The van der Waals surface area contributed by atoms with Crippen LogP contribution in [0.1, 0.15) is 5.56 Å². The lowest BCUT2D eigenvalue weighted by Crippen LogP contribution is -1.80. The molecule has 0 amide bonds. The lowest BCUT2D eigenvalue weighted by Gasteiger charge is -1.98. The second kappa shape index (κ2) is 3.30. The van der Waals surface area contributed by atoms with Crippen LogP contribution in [0.25, 0.3) is 17.0 Å². The minimum atomic E-state index is 1.000. The summed E-state index contributed by atoms with van der Waals surface area (Å²) in [6.45, 7) is 3.71. The van der Waals surface area contributed by atoms with E-state index in [-0.39, 0.29) is 0 Å². The van der Waals surface area contributed by atoms with Crippen molar-refractivity contribution >= 4 is 32.9 Å². The number of fused-ring (bicyclic) bond motifs is 1. The molecule has 1 nitrogen and oxygen atoms in total. The fraction of sp³-hybridized carbons (Fsp3) is 0. The molecular weight excluding hydrogens is 226 g/mol. The van der Waals surface area contributed by atoms with E-state index in [0.29, 0.717) is 0 Å². The van der Waals surface area contributed by atoms with Crippen LogP contribution < -0.4 is 0 Å². The monoisotopic (exact) mass is 233 g/mol. The highest BCUT2D eigenvalue weighted by Crippen LogP contribution is 2.18. The molecule has 1 aromatic carbocycles. The van der Waals surface area contributed by atoms with Gasteiger partial charge in [-0.25, -0.2) is 0 Å². The summed E-state index contributed by atoms with van der Waals surface area (Å²) in [4.78, 5) is 4.31. The zero-order valence-electron chi connectivity index (χ0n) is 7.00. The van der Waals surface area contributed by atoms with E-state index >= 15 is 0 Å². The summed E-state index contributed by atoms with van der Waals surface area (Å²) in [5.41, 5.74) is 2.05. The van der Waals surface area contributed by atoms with Crippen LogP contribution >= 0.6 is 15.9 Å². The van der Waals surface area contributed by atoms with E-state index in [4.69, 9.17) is 0 Å². The highest BCUT2D eigenvalue weighted by molar-refractivity contribution is 9.10. The van der Waals surface area contributed by atoms with E-state index in [9.17, 15) is 0 Å². The minimum absolute atomic E-state index is 1.000. The van der Waals surface area contributed by atoms with Crippen molar-refractivity contribution in [3.8, 4) is 0 Å². The van der Waals surface area contributed by atoms with E-state index in [1.807, 2.05) is 24.4 Å². The van der Waals surface area contributed by atoms with Gasteiger partial charge in [0.2, 0.25) is 0 Å². The molecule has 0 fully saturated rings. The van der Waals surface area contributed by atoms with Crippen LogP contribution in [0, 0.1) is 0 Å². The molecule has 0 radical (unpaired) electrons. The predicted molar refractivity (Wildman–Crippen MR) is 59.5 cm³/mol. The Balaban J connectivity index is 2.73. The van der Waals surface area contributed by atoms with Crippen molar-refractivity contribution in [1.82, 2.24) is 4.98 Å². The maximum atomic E-state index is 4.31. The van der Waals surface area contributed by atoms with Crippen LogP contribution in [0.5, 0.6) is 0 Å². The van der Waals surface area contributed by atoms with Crippen molar-refractivity contribution in [1.29, 1.82) is 0 Å². The van der Waals surface area contributed by atoms with Crippen LogP contribution in [-0.4, -0.2) is 4.98 Å². The van der Waals surface area contributed by atoms with Crippen LogP contribution in [-0.2, 0) is 0 Å². The number of rotatable bonds is 1. The Hall–Kier alpha value is -1.15. The normalized spacial score (nSPS) is 10.2. The third kappa shape index (κ3) is 1.63. The van der Waals surface area contributed by atoms with Crippen molar-refractivity contribution < 1.29 is 0 Å². The number of hydrogen-bond acceptors (Lipinski definition) is 1. The summed E-state index contributed by atoms with van der Waals surface area (Å²) >= 11 is 3.41. The summed E-state index contributed by atoms with van der Waals surface area (Å²) in [7, 11) is 0. The molecule has 0 aliphatic rings. The molecule has 64 valence electrons. The van der Waals surface area contributed by atoms with Crippen molar-refractivity contribution in [3.05, 3.63) is 47.1 Å². The number of pyridine rings is 1. The number of nitrogens with zero attached hydrogens (tertiary/aromatic N) is 1. The highest BCUT2D eigenvalue weighted by Gasteiger charge is 1.95. The smallest absolute Gasteiger partial charge is 0.0713 e. The Morgan fingerprint density at radius 3 is 2.92 bits per heavy atom. The molecule has 0 aliphatic heterocycles. The molecule has 0 saturated heterocycles. The van der Waals surface area contributed by atoms with Crippen LogP contribution in [0.2, 0.25) is 0 Å². The third-order valence-electron chi connectivity index (χ3n) is 1.90. The molecule has 0 bridgehead atoms. The van der Waals surface area contributed by atoms with Gasteiger partial charge in [-0.15, -0.1) is 0 Å². The van der Waals surface area contributed by atoms with E-state index in [0.717, 1.165) is 20.9 Å². The zero-order valence-corrected chi connectivity index (χ0v) is 8.58. The van der Waals surface area contributed by atoms with Gasteiger partial charge in [0, 0.05) is 16.1 Å². The second-order valence-corrected chi connectivity index (χ2v) is 3.73. The first-order chi connectivity index (χ1) is 6.29. The lowest BCUT2D eigenvalue weighted by molar-refractivity contribution is 1.39. The van der Waals surface area contributed by atoms with Crippen molar-refractivity contribution in [2.45, 2.75) is 0 Å². The molecule has 13 heavy (non-hydrogen) atoms. The van der Waals surface area contributed by atoms with Gasteiger partial charge in [-0.3, -0.25) is 4.98 Å². The van der Waals surface area contributed by atoms with Crippen molar-refractivity contribution in [2.75, 3.05) is 0 Å². The molecule has 2 heteroatoms. The molecule has 2 rings (SSSR count). The van der Waals surface area contributed by atoms with E-state index in [2.05, 4.69) is 33.6 Å². The number of benzene rings is 1. The summed E-state index contributed by atoms with van der Waals surface area (Å²) < 4.78 is 1.05. The van der Waals surface area contributed by atoms with Crippen molar-refractivity contribution in [2.24, 2.45) is 0 Å². The van der Waals surface area contributed by atoms with Crippen LogP contribution in [0.4, 0.5) is 0 Å². The Morgan fingerprint density at radius 2 is 2.15 bits per heavy atom. The molecule has 0 N–H and O–H groups in total. The third-order valence-corrected chi connectivity index (χ3v) is 2.40. The summed E-state index contributed by atoms with van der Waals surface area (Å²) in [6.07, 6.45) is 3.62. The molecule has 0 spiro atoms. The Morgan fingerprint density at radius 1 is 1.31 bits per heavy atom. The first-order valence-electron chi connectivity index (χ1n) is 3.97. The van der Waals surface area contributed by atoms with Gasteiger partial charge in [-0.05, 0) is 23.8 Å².